The van der Waals surface area contributed by atoms with Gasteiger partial charge in [-0.1, -0.05) is 6.07 Å². The Labute approximate surface area is 110 Å². The maximum absolute atomic E-state index is 11.6. The Kier molecular flexibility index (Phi) is 3.98. The largest absolute Gasteiger partial charge is 0.497 e. The van der Waals surface area contributed by atoms with Gasteiger partial charge in [0.25, 0.3) is 5.56 Å². The Morgan fingerprint density at radius 1 is 1.37 bits per heavy atom. The van der Waals surface area contributed by atoms with Crippen LogP contribution in [0.4, 0.5) is 0 Å². The molecule has 19 heavy (non-hydrogen) atoms. The van der Waals surface area contributed by atoms with Crippen LogP contribution in [0.1, 0.15) is 5.56 Å². The van der Waals surface area contributed by atoms with Gasteiger partial charge in [-0.15, -0.1) is 0 Å². The van der Waals surface area contributed by atoms with Crippen molar-refractivity contribution in [2.24, 2.45) is 0 Å². The molecule has 0 amide bonds. The fourth-order valence-electron chi connectivity index (χ4n) is 1.77. The van der Waals surface area contributed by atoms with Crippen LogP contribution < -0.4 is 15.8 Å². The molecule has 7 heteroatoms. The number of benzene rings is 1. The van der Waals surface area contributed by atoms with Gasteiger partial charge >= 0.3 is 7.12 Å². The number of hydrogen-bond acceptors (Lipinski definition) is 5. The molecule has 1 aromatic carbocycles. The molecule has 0 bridgehead atoms. The summed E-state index contributed by atoms with van der Waals surface area (Å²) in [4.78, 5) is 11.6. The van der Waals surface area contributed by atoms with Crippen LogP contribution in [-0.4, -0.2) is 34.1 Å². The van der Waals surface area contributed by atoms with Gasteiger partial charge < -0.3 is 14.8 Å². The standard InChI is InChI=1S/C12H13BN2O4/c1-19-10-4-5-11(13(17)18)9(7-10)8-15-12(16)3-2-6-14-15/h2-7,17-18H,8H2,1H3. The monoisotopic (exact) mass is 260 g/mol. The van der Waals surface area contributed by atoms with Crippen LogP contribution in [0, 0.1) is 0 Å². The Hall–Kier alpha value is -2.12. The molecule has 98 valence electrons. The van der Waals surface area contributed by atoms with Crippen LogP contribution in [0.15, 0.2) is 41.3 Å². The maximum Gasteiger partial charge on any atom is 0.488 e. The molecule has 6 nitrogen and oxygen atoms in total. The van der Waals surface area contributed by atoms with Crippen molar-refractivity contribution in [2.75, 3.05) is 7.11 Å². The van der Waals surface area contributed by atoms with Gasteiger partial charge in [-0.3, -0.25) is 4.79 Å². The van der Waals surface area contributed by atoms with Crippen molar-refractivity contribution in [3.8, 4) is 5.75 Å². The second-order valence-corrected chi connectivity index (χ2v) is 3.96. The average molecular weight is 260 g/mol. The number of rotatable bonds is 4. The first-order valence-corrected chi connectivity index (χ1v) is 5.67. The van der Waals surface area contributed by atoms with Gasteiger partial charge in [-0.2, -0.15) is 5.10 Å². The van der Waals surface area contributed by atoms with E-state index in [-0.39, 0.29) is 12.1 Å². The Morgan fingerprint density at radius 3 is 2.79 bits per heavy atom. The molecule has 0 spiro atoms. The van der Waals surface area contributed by atoms with E-state index < -0.39 is 7.12 Å². The first kappa shape index (κ1) is 13.3. The lowest BCUT2D eigenvalue weighted by molar-refractivity contribution is 0.413. The molecule has 0 fully saturated rings. The highest BCUT2D eigenvalue weighted by Crippen LogP contribution is 2.12. The van der Waals surface area contributed by atoms with Crippen molar-refractivity contribution in [1.29, 1.82) is 0 Å². The Balaban J connectivity index is 2.43. The Morgan fingerprint density at radius 2 is 2.16 bits per heavy atom. The van der Waals surface area contributed by atoms with Crippen LogP contribution in [0.5, 0.6) is 5.75 Å². The lowest BCUT2D eigenvalue weighted by atomic mass is 9.77. The third-order valence-corrected chi connectivity index (χ3v) is 2.73. The van der Waals surface area contributed by atoms with Gasteiger partial charge in [0.05, 0.1) is 13.7 Å². The van der Waals surface area contributed by atoms with E-state index >= 15 is 0 Å². The molecule has 0 radical (unpaired) electrons. The predicted molar refractivity (Wildman–Crippen MR) is 70.4 cm³/mol. The van der Waals surface area contributed by atoms with E-state index in [2.05, 4.69) is 5.10 Å². The summed E-state index contributed by atoms with van der Waals surface area (Å²) in [6.45, 7) is 0.143. The number of methoxy groups -OCH3 is 1. The third-order valence-electron chi connectivity index (χ3n) is 2.73. The van der Waals surface area contributed by atoms with Gasteiger partial charge in [0.2, 0.25) is 0 Å². The first-order chi connectivity index (χ1) is 9.11. The lowest BCUT2D eigenvalue weighted by Gasteiger charge is -2.11. The van der Waals surface area contributed by atoms with Crippen LogP contribution in [-0.2, 0) is 6.54 Å². The quantitative estimate of drug-likeness (QED) is 0.687. The molecular formula is C12H13BN2O4. The summed E-state index contributed by atoms with van der Waals surface area (Å²) in [6.07, 6.45) is 1.50. The fraction of sp³-hybridized carbons (Fsp3) is 0.167. The van der Waals surface area contributed by atoms with Gasteiger partial charge in [0.1, 0.15) is 5.75 Å². The highest BCUT2D eigenvalue weighted by atomic mass is 16.5. The molecule has 0 saturated carbocycles. The Bertz CT molecular complexity index is 627. The summed E-state index contributed by atoms with van der Waals surface area (Å²) in [5.41, 5.74) is 0.622. The number of nitrogens with zero attached hydrogens (tertiary/aromatic N) is 2. The molecule has 0 saturated heterocycles. The van der Waals surface area contributed by atoms with Gasteiger partial charge in [-0.05, 0) is 29.2 Å². The highest BCUT2D eigenvalue weighted by Gasteiger charge is 2.17. The molecule has 2 N–H and O–H groups in total. The molecule has 2 rings (SSSR count). The van der Waals surface area contributed by atoms with Crippen LogP contribution in [0.2, 0.25) is 0 Å². The molecule has 1 heterocycles. The summed E-state index contributed by atoms with van der Waals surface area (Å²) in [6, 6.07) is 7.76. The number of hydrogen-bond donors (Lipinski definition) is 2. The first-order valence-electron chi connectivity index (χ1n) is 5.67. The molecule has 0 aliphatic carbocycles. The second-order valence-electron chi connectivity index (χ2n) is 3.96. The lowest BCUT2D eigenvalue weighted by Crippen LogP contribution is -2.35. The maximum atomic E-state index is 11.6. The highest BCUT2D eigenvalue weighted by molar-refractivity contribution is 6.59. The smallest absolute Gasteiger partial charge is 0.488 e. The zero-order chi connectivity index (χ0) is 13.8. The molecule has 0 unspecified atom stereocenters. The summed E-state index contributed by atoms with van der Waals surface area (Å²) < 4.78 is 6.32. The third kappa shape index (κ3) is 3.01. The minimum absolute atomic E-state index is 0.143. The average Bonchev–Trinajstić information content (AvgIpc) is 2.41. The van der Waals surface area contributed by atoms with Crippen molar-refractivity contribution in [1.82, 2.24) is 9.78 Å². The molecular weight excluding hydrogens is 247 g/mol. The summed E-state index contributed by atoms with van der Waals surface area (Å²) in [5.74, 6) is 0.573. The normalized spacial score (nSPS) is 10.3. The van der Waals surface area contributed by atoms with Crippen molar-refractivity contribution < 1.29 is 14.8 Å². The minimum atomic E-state index is -1.61. The van der Waals surface area contributed by atoms with E-state index in [1.807, 2.05) is 0 Å². The van der Waals surface area contributed by atoms with Crippen LogP contribution in [0.3, 0.4) is 0 Å². The SMILES string of the molecule is COc1ccc(B(O)O)c(Cn2ncccc2=O)c1. The van der Waals surface area contributed by atoms with Crippen molar-refractivity contribution in [3.63, 3.8) is 0 Å². The zero-order valence-corrected chi connectivity index (χ0v) is 10.4. The van der Waals surface area contributed by atoms with E-state index in [9.17, 15) is 14.8 Å². The van der Waals surface area contributed by atoms with Crippen molar-refractivity contribution >= 4 is 12.6 Å². The predicted octanol–water partition coefficient (Wildman–Crippen LogP) is -1.02. The number of aromatic nitrogens is 2. The number of ether oxygens (including phenoxy) is 1. The molecule has 1 aromatic heterocycles. The summed E-state index contributed by atoms with van der Waals surface area (Å²) >= 11 is 0. The van der Waals surface area contributed by atoms with Gasteiger partial charge in [0.15, 0.2) is 0 Å². The minimum Gasteiger partial charge on any atom is -0.497 e. The van der Waals surface area contributed by atoms with E-state index in [0.717, 1.165) is 0 Å². The van der Waals surface area contributed by atoms with E-state index in [4.69, 9.17) is 4.74 Å². The molecule has 0 atom stereocenters. The van der Waals surface area contributed by atoms with Crippen molar-refractivity contribution in [3.05, 3.63) is 52.4 Å². The van der Waals surface area contributed by atoms with E-state index in [0.29, 0.717) is 16.8 Å². The fourth-order valence-corrected chi connectivity index (χ4v) is 1.77. The summed E-state index contributed by atoms with van der Waals surface area (Å²) in [5, 5.41) is 22.6. The van der Waals surface area contributed by atoms with E-state index in [1.54, 1.807) is 24.3 Å². The van der Waals surface area contributed by atoms with Crippen LogP contribution >= 0.6 is 0 Å². The van der Waals surface area contributed by atoms with Gasteiger partial charge in [-0.25, -0.2) is 4.68 Å². The van der Waals surface area contributed by atoms with Gasteiger partial charge in [0, 0.05) is 12.3 Å². The van der Waals surface area contributed by atoms with Crippen LogP contribution in [0.25, 0.3) is 0 Å². The van der Waals surface area contributed by atoms with E-state index in [1.165, 1.54) is 24.1 Å². The van der Waals surface area contributed by atoms with Crippen molar-refractivity contribution in [2.45, 2.75) is 6.54 Å². The topological polar surface area (TPSA) is 84.6 Å². The second kappa shape index (κ2) is 5.68. The molecule has 0 aliphatic heterocycles. The zero-order valence-electron chi connectivity index (χ0n) is 10.4. The molecule has 2 aromatic rings. The molecule has 0 aliphatic rings. The summed E-state index contributed by atoms with van der Waals surface area (Å²) in [7, 11) is -0.0958.